The number of nitrogens with zero attached hydrogens (tertiary/aromatic N) is 6. The van der Waals surface area contributed by atoms with Gasteiger partial charge in [-0.3, -0.25) is 9.58 Å². The van der Waals surface area contributed by atoms with Crippen molar-refractivity contribution in [2.45, 2.75) is 31.8 Å². The van der Waals surface area contributed by atoms with Gasteiger partial charge in [0.2, 0.25) is 0 Å². The van der Waals surface area contributed by atoms with E-state index in [2.05, 4.69) is 37.9 Å². The fraction of sp³-hybridized carbons (Fsp3) is 0.421. The van der Waals surface area contributed by atoms with Crippen LogP contribution >= 0.6 is 11.6 Å². The van der Waals surface area contributed by atoms with Gasteiger partial charge in [0, 0.05) is 43.5 Å². The molecule has 0 radical (unpaired) electrons. The van der Waals surface area contributed by atoms with Crippen molar-refractivity contribution in [3.05, 3.63) is 65.0 Å². The molecule has 0 bridgehead atoms. The summed E-state index contributed by atoms with van der Waals surface area (Å²) >= 11 is 6.33. The second-order valence-corrected chi connectivity index (χ2v) is 7.31. The van der Waals surface area contributed by atoms with E-state index in [0.717, 1.165) is 49.1 Å². The number of likely N-dealkylation sites (tertiary alicyclic amines) is 1. The summed E-state index contributed by atoms with van der Waals surface area (Å²) in [4.78, 5) is 2.47. The summed E-state index contributed by atoms with van der Waals surface area (Å²) in [6, 6.07) is 10.0. The second kappa shape index (κ2) is 7.60. The van der Waals surface area contributed by atoms with Gasteiger partial charge < -0.3 is 4.57 Å². The maximum atomic E-state index is 6.33. The van der Waals surface area contributed by atoms with Crippen molar-refractivity contribution in [3.63, 3.8) is 0 Å². The molecular weight excluding hydrogens is 348 g/mol. The lowest BCUT2D eigenvalue weighted by Crippen LogP contribution is -2.35. The van der Waals surface area contributed by atoms with Crippen LogP contribution in [-0.4, -0.2) is 42.5 Å². The largest absolute Gasteiger partial charge is 0.316 e. The molecule has 1 fully saturated rings. The summed E-state index contributed by atoms with van der Waals surface area (Å²) in [5, 5.41) is 14.0. The third-order valence-corrected chi connectivity index (χ3v) is 5.45. The van der Waals surface area contributed by atoms with E-state index in [1.54, 1.807) is 6.20 Å². The van der Waals surface area contributed by atoms with Crippen LogP contribution in [0.3, 0.4) is 0 Å². The normalized spacial score (nSPS) is 18.3. The van der Waals surface area contributed by atoms with Crippen LogP contribution in [0, 0.1) is 0 Å². The molecular formula is C19H23ClN6. The number of rotatable bonds is 5. The third kappa shape index (κ3) is 3.66. The van der Waals surface area contributed by atoms with E-state index in [-0.39, 0.29) is 0 Å². The molecule has 0 aliphatic carbocycles. The van der Waals surface area contributed by atoms with Gasteiger partial charge in [-0.2, -0.15) is 5.10 Å². The summed E-state index contributed by atoms with van der Waals surface area (Å²) in [5.74, 6) is 2.40. The van der Waals surface area contributed by atoms with Crippen molar-refractivity contribution in [1.29, 1.82) is 0 Å². The van der Waals surface area contributed by atoms with Gasteiger partial charge in [-0.05, 0) is 37.1 Å². The highest BCUT2D eigenvalue weighted by molar-refractivity contribution is 6.31. The van der Waals surface area contributed by atoms with Crippen molar-refractivity contribution < 1.29 is 0 Å². The number of hydrogen-bond donors (Lipinski definition) is 0. The Morgan fingerprint density at radius 3 is 2.85 bits per heavy atom. The third-order valence-electron chi connectivity index (χ3n) is 5.08. The fourth-order valence-electron chi connectivity index (χ4n) is 3.68. The van der Waals surface area contributed by atoms with Crippen molar-refractivity contribution in [1.82, 2.24) is 29.4 Å². The zero-order valence-electron chi connectivity index (χ0n) is 14.9. The van der Waals surface area contributed by atoms with E-state index in [1.165, 1.54) is 5.56 Å². The molecule has 0 amide bonds. The molecule has 3 aromatic rings. The van der Waals surface area contributed by atoms with Crippen LogP contribution in [0.4, 0.5) is 0 Å². The van der Waals surface area contributed by atoms with Crippen LogP contribution in [0.15, 0.2) is 42.7 Å². The molecule has 1 aliphatic rings. The van der Waals surface area contributed by atoms with Crippen LogP contribution in [0.2, 0.25) is 5.02 Å². The average molecular weight is 371 g/mol. The molecule has 7 heteroatoms. The molecule has 6 nitrogen and oxygen atoms in total. The summed E-state index contributed by atoms with van der Waals surface area (Å²) in [7, 11) is 2.06. The first-order valence-electron chi connectivity index (χ1n) is 9.02. The highest BCUT2D eigenvalue weighted by atomic mass is 35.5. The quantitative estimate of drug-likeness (QED) is 0.692. The maximum absolute atomic E-state index is 6.33. The van der Waals surface area contributed by atoms with Crippen LogP contribution in [-0.2, 0) is 20.1 Å². The lowest BCUT2D eigenvalue weighted by atomic mass is 9.96. The van der Waals surface area contributed by atoms with Gasteiger partial charge in [-0.25, -0.2) is 0 Å². The summed E-state index contributed by atoms with van der Waals surface area (Å²) in [5.41, 5.74) is 1.19. The molecule has 136 valence electrons. The minimum absolute atomic E-state index is 0.398. The Morgan fingerprint density at radius 1 is 1.15 bits per heavy atom. The van der Waals surface area contributed by atoms with Crippen LogP contribution in [0.5, 0.6) is 0 Å². The maximum Gasteiger partial charge on any atom is 0.154 e. The van der Waals surface area contributed by atoms with Crippen LogP contribution in [0.25, 0.3) is 0 Å². The van der Waals surface area contributed by atoms with Gasteiger partial charge in [0.1, 0.15) is 12.4 Å². The highest BCUT2D eigenvalue weighted by Gasteiger charge is 2.26. The van der Waals surface area contributed by atoms with Crippen LogP contribution in [0.1, 0.15) is 36.0 Å². The Bertz CT molecular complexity index is 857. The Balaban J connectivity index is 1.46. The van der Waals surface area contributed by atoms with Gasteiger partial charge in [0.25, 0.3) is 0 Å². The Kier molecular flexibility index (Phi) is 5.04. The van der Waals surface area contributed by atoms with Crippen molar-refractivity contribution in [3.8, 4) is 0 Å². The van der Waals surface area contributed by atoms with E-state index >= 15 is 0 Å². The van der Waals surface area contributed by atoms with Gasteiger partial charge in [-0.15, -0.1) is 10.2 Å². The fourth-order valence-corrected chi connectivity index (χ4v) is 3.88. The summed E-state index contributed by atoms with van der Waals surface area (Å²) in [6.07, 6.45) is 6.04. The first kappa shape index (κ1) is 17.2. The van der Waals surface area contributed by atoms with Gasteiger partial charge >= 0.3 is 0 Å². The summed E-state index contributed by atoms with van der Waals surface area (Å²) < 4.78 is 4.00. The van der Waals surface area contributed by atoms with E-state index in [9.17, 15) is 0 Å². The predicted octanol–water partition coefficient (Wildman–Crippen LogP) is 3.09. The molecule has 1 atom stereocenters. The molecule has 4 rings (SSSR count). The minimum Gasteiger partial charge on any atom is -0.316 e. The minimum atomic E-state index is 0.398. The van der Waals surface area contributed by atoms with E-state index in [0.29, 0.717) is 12.5 Å². The standard InChI is InChI=1S/C19H23ClN6/c1-24-18(14-26-11-5-9-21-26)22-23-19(24)16-7-4-10-25(13-16)12-15-6-2-3-8-17(15)20/h2-3,5-6,8-9,11,16H,4,7,10,12-14H2,1H3/t16-/m0/s1. The van der Waals surface area contributed by atoms with Crippen molar-refractivity contribution in [2.75, 3.05) is 13.1 Å². The van der Waals surface area contributed by atoms with Gasteiger partial charge in [0.15, 0.2) is 5.82 Å². The highest BCUT2D eigenvalue weighted by Crippen LogP contribution is 2.28. The Morgan fingerprint density at radius 2 is 2.04 bits per heavy atom. The zero-order chi connectivity index (χ0) is 17.9. The number of benzene rings is 1. The average Bonchev–Trinajstić information content (AvgIpc) is 3.28. The molecule has 3 heterocycles. The van der Waals surface area contributed by atoms with E-state index in [4.69, 9.17) is 11.6 Å². The molecule has 0 unspecified atom stereocenters. The Hall–Kier alpha value is -2.18. The molecule has 1 aromatic carbocycles. The molecule has 0 N–H and O–H groups in total. The summed E-state index contributed by atoms with van der Waals surface area (Å²) in [6.45, 7) is 3.61. The monoisotopic (exact) mass is 370 g/mol. The SMILES string of the molecule is Cn1c(Cn2cccn2)nnc1[C@H]1CCCN(Cc2ccccc2Cl)C1. The lowest BCUT2D eigenvalue weighted by Gasteiger charge is -2.32. The van der Waals surface area contributed by atoms with Crippen molar-refractivity contribution >= 4 is 11.6 Å². The van der Waals surface area contributed by atoms with E-state index < -0.39 is 0 Å². The molecule has 0 spiro atoms. The number of hydrogen-bond acceptors (Lipinski definition) is 4. The van der Waals surface area contributed by atoms with Gasteiger partial charge in [-0.1, -0.05) is 29.8 Å². The Labute approximate surface area is 158 Å². The number of piperidine rings is 1. The first-order chi connectivity index (χ1) is 12.7. The molecule has 1 saturated heterocycles. The molecule has 26 heavy (non-hydrogen) atoms. The number of aromatic nitrogens is 5. The molecule has 2 aromatic heterocycles. The second-order valence-electron chi connectivity index (χ2n) is 6.90. The van der Waals surface area contributed by atoms with E-state index in [1.807, 2.05) is 35.1 Å². The molecule has 0 saturated carbocycles. The number of halogens is 1. The lowest BCUT2D eigenvalue weighted by molar-refractivity contribution is 0.195. The molecule has 1 aliphatic heterocycles. The predicted molar refractivity (Wildman–Crippen MR) is 101 cm³/mol. The van der Waals surface area contributed by atoms with Crippen LogP contribution < -0.4 is 0 Å². The van der Waals surface area contributed by atoms with Gasteiger partial charge in [0.05, 0.1) is 0 Å². The first-order valence-corrected chi connectivity index (χ1v) is 9.40. The smallest absolute Gasteiger partial charge is 0.154 e. The zero-order valence-corrected chi connectivity index (χ0v) is 15.7. The topological polar surface area (TPSA) is 51.8 Å². The van der Waals surface area contributed by atoms with Crippen molar-refractivity contribution in [2.24, 2.45) is 7.05 Å².